The van der Waals surface area contributed by atoms with Gasteiger partial charge in [-0.3, -0.25) is 0 Å². The van der Waals surface area contributed by atoms with Crippen molar-refractivity contribution in [1.29, 1.82) is 0 Å². The molecule has 0 nitrogen and oxygen atoms in total. The first kappa shape index (κ1) is 17.0. The molecule has 2 rings (SSSR count). The van der Waals surface area contributed by atoms with Crippen molar-refractivity contribution in [2.24, 2.45) is 5.41 Å². The normalized spacial score (nSPS) is 12.4. The van der Waals surface area contributed by atoms with Gasteiger partial charge < -0.3 is 0 Å². The summed E-state index contributed by atoms with van der Waals surface area (Å²) in [6.07, 6.45) is 10.6. The average molecular weight is 327 g/mol. The number of thiophene rings is 2. The minimum absolute atomic E-state index is 0.0574. The topological polar surface area (TPSA) is 0 Å². The number of aryl methyl sites for hydroxylation is 1. The van der Waals surface area contributed by atoms with Gasteiger partial charge in [0.1, 0.15) is 0 Å². The van der Waals surface area contributed by atoms with Crippen LogP contribution in [-0.2, 0) is 6.42 Å². The Morgan fingerprint density at radius 2 is 1.48 bits per heavy atom. The Labute approximate surface area is 136 Å². The summed E-state index contributed by atoms with van der Waals surface area (Å²) in [5.41, 5.74) is 0.492. The van der Waals surface area contributed by atoms with Crippen LogP contribution in [0.15, 0.2) is 12.1 Å². The lowest BCUT2D eigenvalue weighted by atomic mass is 9.89. The molecule has 2 aromatic heterocycles. The predicted octanol–water partition coefficient (Wildman–Crippen LogP) is 7.42. The van der Waals surface area contributed by atoms with Gasteiger partial charge in [-0.05, 0) is 30.7 Å². The molecule has 0 atom stereocenters. The van der Waals surface area contributed by atoms with Crippen LogP contribution in [-0.4, -0.2) is 0 Å². The number of unbranched alkanes of at least 4 members (excludes halogenated alkanes) is 5. The molecule has 3 heteroatoms. The quantitative estimate of drug-likeness (QED) is 0.443. The van der Waals surface area contributed by atoms with Crippen molar-refractivity contribution in [1.82, 2.24) is 0 Å². The zero-order valence-electron chi connectivity index (χ0n) is 13.5. The highest BCUT2D eigenvalue weighted by Crippen LogP contribution is 2.33. The number of hydrogen-bond acceptors (Lipinski definition) is 2. The second-order valence-corrected chi connectivity index (χ2v) is 9.38. The van der Waals surface area contributed by atoms with Crippen LogP contribution in [0.1, 0.15) is 70.6 Å². The Kier molecular flexibility index (Phi) is 6.24. The average Bonchev–Trinajstić information content (AvgIpc) is 2.87. The Hall–Kier alpha value is -0.410. The molecule has 0 aromatic carbocycles. The summed E-state index contributed by atoms with van der Waals surface area (Å²) in [6.45, 7) is 6.97. The molecule has 0 fully saturated rings. The van der Waals surface area contributed by atoms with Gasteiger partial charge in [0.15, 0.2) is 5.13 Å². The first-order chi connectivity index (χ1) is 9.94. The molecule has 21 heavy (non-hydrogen) atoms. The molecule has 0 spiro atoms. The number of rotatable bonds is 8. The fourth-order valence-corrected chi connectivity index (χ4v) is 4.82. The van der Waals surface area contributed by atoms with Crippen molar-refractivity contribution in [3.8, 4) is 0 Å². The van der Waals surface area contributed by atoms with E-state index < -0.39 is 0 Å². The second-order valence-electron chi connectivity index (χ2n) is 7.17. The molecule has 0 N–H and O–H groups in total. The molecule has 0 aliphatic carbocycles. The van der Waals surface area contributed by atoms with E-state index >= 15 is 0 Å². The van der Waals surface area contributed by atoms with Gasteiger partial charge in [0.2, 0.25) is 0 Å². The van der Waals surface area contributed by atoms with Gasteiger partial charge >= 0.3 is 0 Å². The third-order valence-electron chi connectivity index (χ3n) is 3.83. The molecule has 2 aromatic rings. The molecule has 2 heterocycles. The lowest BCUT2D eigenvalue weighted by molar-refractivity contribution is 0.356. The van der Waals surface area contributed by atoms with Crippen molar-refractivity contribution in [2.45, 2.75) is 72.1 Å². The van der Waals surface area contributed by atoms with Gasteiger partial charge in [0, 0.05) is 20.3 Å². The molecule has 0 saturated carbocycles. The Bertz CT molecular complexity index is 514. The zero-order valence-corrected chi connectivity index (χ0v) is 15.1. The summed E-state index contributed by atoms with van der Waals surface area (Å²) in [6, 6.07) is 3.85. The maximum absolute atomic E-state index is 13.0. The van der Waals surface area contributed by atoms with Crippen LogP contribution in [0, 0.1) is 10.5 Å². The molecule has 0 aliphatic rings. The summed E-state index contributed by atoms with van der Waals surface area (Å²) in [7, 11) is 0. The predicted molar refractivity (Wildman–Crippen MR) is 95.1 cm³/mol. The Morgan fingerprint density at radius 1 is 0.857 bits per heavy atom. The van der Waals surface area contributed by atoms with Gasteiger partial charge in [0.25, 0.3) is 0 Å². The van der Waals surface area contributed by atoms with Crippen LogP contribution in [0.25, 0.3) is 9.40 Å². The first-order valence-corrected chi connectivity index (χ1v) is 9.75. The summed E-state index contributed by atoms with van der Waals surface area (Å²) in [5.74, 6) is 0. The smallest absolute Gasteiger partial charge is 0.178 e. The van der Waals surface area contributed by atoms with Gasteiger partial charge in [-0.1, -0.05) is 52.9 Å². The van der Waals surface area contributed by atoms with E-state index in [2.05, 4.69) is 26.8 Å². The molecule has 0 aliphatic heterocycles. The lowest BCUT2D eigenvalue weighted by Crippen LogP contribution is -2.03. The third-order valence-corrected chi connectivity index (χ3v) is 5.97. The molecular weight excluding hydrogens is 299 g/mol. The van der Waals surface area contributed by atoms with Crippen molar-refractivity contribution < 1.29 is 4.39 Å². The zero-order chi connectivity index (χ0) is 15.3. The van der Waals surface area contributed by atoms with Gasteiger partial charge in [-0.2, -0.15) is 4.39 Å². The summed E-state index contributed by atoms with van der Waals surface area (Å²) < 4.78 is 15.3. The highest BCUT2D eigenvalue weighted by atomic mass is 32.1. The minimum Gasteiger partial charge on any atom is -0.195 e. The van der Waals surface area contributed by atoms with E-state index in [0.29, 0.717) is 5.41 Å². The summed E-state index contributed by atoms with van der Waals surface area (Å²) in [5, 5.41) is -0.0574. The van der Waals surface area contributed by atoms with E-state index in [-0.39, 0.29) is 5.13 Å². The summed E-state index contributed by atoms with van der Waals surface area (Å²) >= 11 is 3.03. The van der Waals surface area contributed by atoms with E-state index in [1.165, 1.54) is 61.2 Å². The van der Waals surface area contributed by atoms with Crippen LogP contribution in [0.4, 0.5) is 4.39 Å². The fraction of sp³-hybridized carbons (Fsp3) is 0.667. The van der Waals surface area contributed by atoms with Crippen molar-refractivity contribution in [3.05, 3.63) is 22.1 Å². The van der Waals surface area contributed by atoms with E-state index in [0.717, 1.165) is 15.8 Å². The Morgan fingerprint density at radius 3 is 2.14 bits per heavy atom. The summed E-state index contributed by atoms with van der Waals surface area (Å²) in [4.78, 5) is 1.42. The molecule has 0 saturated heterocycles. The number of hydrogen-bond donors (Lipinski definition) is 0. The van der Waals surface area contributed by atoms with E-state index in [4.69, 9.17) is 0 Å². The maximum Gasteiger partial charge on any atom is 0.178 e. The highest BCUT2D eigenvalue weighted by Gasteiger charge is 2.09. The maximum atomic E-state index is 13.0. The number of halogens is 1. The molecule has 0 bridgehead atoms. The lowest BCUT2D eigenvalue weighted by Gasteiger charge is -2.17. The van der Waals surface area contributed by atoms with Crippen LogP contribution >= 0.6 is 22.7 Å². The second kappa shape index (κ2) is 7.73. The van der Waals surface area contributed by atoms with Crippen LogP contribution in [0.5, 0.6) is 0 Å². The van der Waals surface area contributed by atoms with Crippen LogP contribution < -0.4 is 0 Å². The monoisotopic (exact) mass is 326 g/mol. The molecule has 118 valence electrons. The minimum atomic E-state index is -0.0574. The van der Waals surface area contributed by atoms with Gasteiger partial charge in [0.05, 0.1) is 0 Å². The fourth-order valence-electron chi connectivity index (χ4n) is 2.64. The molecule has 0 amide bonds. The van der Waals surface area contributed by atoms with Crippen molar-refractivity contribution in [3.63, 3.8) is 0 Å². The Balaban J connectivity index is 1.54. The third kappa shape index (κ3) is 6.07. The highest BCUT2D eigenvalue weighted by molar-refractivity contribution is 7.27. The van der Waals surface area contributed by atoms with Gasteiger partial charge in [-0.15, -0.1) is 22.7 Å². The number of fused-ring (bicyclic) bond motifs is 1. The standard InChI is InChI=1S/C18H27FS2/c1-18(2,3)11-9-7-5-4-6-8-10-14-12-15-16(20-14)13-17(19)21-15/h12-13H,4-11H2,1-3H3. The van der Waals surface area contributed by atoms with Crippen molar-refractivity contribution in [2.75, 3.05) is 0 Å². The van der Waals surface area contributed by atoms with Gasteiger partial charge in [-0.25, -0.2) is 0 Å². The first-order valence-electron chi connectivity index (χ1n) is 8.12. The molecular formula is C18H27FS2. The van der Waals surface area contributed by atoms with Crippen LogP contribution in [0.3, 0.4) is 0 Å². The van der Waals surface area contributed by atoms with Crippen molar-refractivity contribution >= 4 is 32.1 Å². The van der Waals surface area contributed by atoms with E-state index in [1.54, 1.807) is 17.4 Å². The van der Waals surface area contributed by atoms with E-state index in [9.17, 15) is 4.39 Å². The van der Waals surface area contributed by atoms with Crippen LogP contribution in [0.2, 0.25) is 0 Å². The molecule has 0 radical (unpaired) electrons. The largest absolute Gasteiger partial charge is 0.195 e. The SMILES string of the molecule is CC(C)(C)CCCCCCCCc1cc2sc(F)cc2s1. The molecule has 0 unspecified atom stereocenters. The van der Waals surface area contributed by atoms with E-state index in [1.807, 2.05) is 0 Å².